The number of thioether (sulfide) groups is 1. The third-order valence-electron chi connectivity index (χ3n) is 2.16. The lowest BCUT2D eigenvalue weighted by Gasteiger charge is -2.05. The Morgan fingerprint density at radius 3 is 2.93 bits per heavy atom. The van der Waals surface area contributed by atoms with Gasteiger partial charge >= 0.3 is 0 Å². The second-order valence-electron chi connectivity index (χ2n) is 3.08. The average molecular weight is 219 g/mol. The molecule has 1 aromatic heterocycles. The van der Waals surface area contributed by atoms with Crippen LogP contribution in [0.3, 0.4) is 0 Å². The Morgan fingerprint density at radius 2 is 2.20 bits per heavy atom. The molecule has 0 saturated carbocycles. The smallest absolute Gasteiger partial charge is 0.137 e. The van der Waals surface area contributed by atoms with E-state index in [1.165, 1.54) is 4.90 Å². The fraction of sp³-hybridized carbons (Fsp3) is 0.273. The zero-order chi connectivity index (χ0) is 10.7. The van der Waals surface area contributed by atoms with E-state index < -0.39 is 0 Å². The molecular formula is C11H13N3S. The first-order valence-electron chi connectivity index (χ1n) is 4.90. The van der Waals surface area contributed by atoms with Crippen LogP contribution in [0.1, 0.15) is 6.92 Å². The van der Waals surface area contributed by atoms with Crippen molar-refractivity contribution in [2.75, 3.05) is 18.1 Å². The predicted octanol–water partition coefficient (Wildman–Crippen LogP) is 2.78. The van der Waals surface area contributed by atoms with Crippen molar-refractivity contribution < 1.29 is 0 Å². The summed E-state index contributed by atoms with van der Waals surface area (Å²) in [6, 6.07) is 6.28. The van der Waals surface area contributed by atoms with Gasteiger partial charge in [0.1, 0.15) is 12.1 Å². The van der Waals surface area contributed by atoms with Gasteiger partial charge in [0, 0.05) is 17.3 Å². The van der Waals surface area contributed by atoms with E-state index in [1.54, 1.807) is 6.33 Å². The molecule has 0 bridgehead atoms. The van der Waals surface area contributed by atoms with Gasteiger partial charge in [-0.3, -0.25) is 0 Å². The molecule has 1 aromatic carbocycles. The second-order valence-corrected chi connectivity index (χ2v) is 4.42. The van der Waals surface area contributed by atoms with Crippen molar-refractivity contribution in [2.45, 2.75) is 11.8 Å². The third-order valence-corrected chi connectivity index (χ3v) is 3.03. The van der Waals surface area contributed by atoms with Crippen molar-refractivity contribution >= 4 is 28.5 Å². The van der Waals surface area contributed by atoms with Crippen LogP contribution in [0.4, 0.5) is 5.82 Å². The molecule has 0 aliphatic rings. The zero-order valence-corrected chi connectivity index (χ0v) is 9.64. The molecule has 0 fully saturated rings. The first-order valence-corrected chi connectivity index (χ1v) is 5.89. The molecule has 0 aliphatic heterocycles. The largest absolute Gasteiger partial charge is 0.373 e. The molecule has 0 aliphatic carbocycles. The molecular weight excluding hydrogens is 206 g/mol. The van der Waals surface area contributed by atoms with Gasteiger partial charge in [0.25, 0.3) is 0 Å². The lowest BCUT2D eigenvalue weighted by atomic mass is 10.2. The third kappa shape index (κ3) is 2.04. The van der Waals surface area contributed by atoms with Gasteiger partial charge in [0.2, 0.25) is 0 Å². The van der Waals surface area contributed by atoms with E-state index >= 15 is 0 Å². The Labute approximate surface area is 93.3 Å². The summed E-state index contributed by atoms with van der Waals surface area (Å²) in [5.41, 5.74) is 0.993. The average Bonchev–Trinajstić information content (AvgIpc) is 2.28. The summed E-state index contributed by atoms with van der Waals surface area (Å²) in [6.45, 7) is 2.15. The second kappa shape index (κ2) is 4.49. The number of nitrogens with zero attached hydrogens (tertiary/aromatic N) is 2. The van der Waals surface area contributed by atoms with Crippen LogP contribution in [0.5, 0.6) is 0 Å². The normalized spacial score (nSPS) is 10.5. The summed E-state index contributed by atoms with van der Waals surface area (Å²) >= 11 is 1.82. The zero-order valence-electron chi connectivity index (χ0n) is 8.82. The van der Waals surface area contributed by atoms with Crippen molar-refractivity contribution in [1.29, 1.82) is 0 Å². The van der Waals surface area contributed by atoms with Gasteiger partial charge in [0.15, 0.2) is 0 Å². The van der Waals surface area contributed by atoms with Crippen molar-refractivity contribution in [3.05, 3.63) is 24.5 Å². The molecule has 0 saturated heterocycles. The maximum absolute atomic E-state index is 4.27. The van der Waals surface area contributed by atoms with E-state index in [2.05, 4.69) is 40.4 Å². The van der Waals surface area contributed by atoms with E-state index in [-0.39, 0.29) is 0 Å². The highest BCUT2D eigenvalue weighted by Gasteiger charge is 2.02. The van der Waals surface area contributed by atoms with Gasteiger partial charge in [-0.15, -0.1) is 11.8 Å². The first kappa shape index (κ1) is 10.2. The maximum Gasteiger partial charge on any atom is 0.137 e. The molecule has 15 heavy (non-hydrogen) atoms. The van der Waals surface area contributed by atoms with Crippen LogP contribution < -0.4 is 5.32 Å². The van der Waals surface area contributed by atoms with Gasteiger partial charge in [-0.05, 0) is 24.0 Å². The molecule has 0 amide bonds. The Hall–Kier alpha value is -1.29. The number of rotatable bonds is 3. The van der Waals surface area contributed by atoms with E-state index in [0.29, 0.717) is 0 Å². The number of aromatic nitrogens is 2. The number of benzene rings is 1. The molecule has 0 radical (unpaired) electrons. The summed E-state index contributed by atoms with van der Waals surface area (Å²) < 4.78 is 0. The van der Waals surface area contributed by atoms with E-state index in [4.69, 9.17) is 0 Å². The van der Waals surface area contributed by atoms with Gasteiger partial charge in [0.05, 0.1) is 5.52 Å². The summed E-state index contributed by atoms with van der Waals surface area (Å²) in [4.78, 5) is 9.70. The molecule has 0 atom stereocenters. The van der Waals surface area contributed by atoms with E-state index in [9.17, 15) is 0 Å². The maximum atomic E-state index is 4.27. The number of nitrogens with one attached hydrogen (secondary N) is 1. The first-order chi connectivity index (χ1) is 7.35. The van der Waals surface area contributed by atoms with Crippen LogP contribution in [0.15, 0.2) is 29.4 Å². The molecule has 4 heteroatoms. The number of fused-ring (bicyclic) bond motifs is 1. The summed E-state index contributed by atoms with van der Waals surface area (Å²) in [5.74, 6) is 1.96. The minimum absolute atomic E-state index is 0.882. The monoisotopic (exact) mass is 219 g/mol. The molecule has 1 heterocycles. The van der Waals surface area contributed by atoms with Crippen LogP contribution in [0.25, 0.3) is 10.9 Å². The van der Waals surface area contributed by atoms with Crippen LogP contribution in [-0.2, 0) is 0 Å². The van der Waals surface area contributed by atoms with Gasteiger partial charge in [-0.2, -0.15) is 0 Å². The SMILES string of the molecule is CCSc1ccc2c(NC)ncnc2c1. The van der Waals surface area contributed by atoms with Crippen molar-refractivity contribution in [1.82, 2.24) is 9.97 Å². The molecule has 3 nitrogen and oxygen atoms in total. The van der Waals surface area contributed by atoms with Crippen LogP contribution in [-0.4, -0.2) is 22.8 Å². The summed E-state index contributed by atoms with van der Waals surface area (Å²) in [6.07, 6.45) is 1.59. The molecule has 1 N–H and O–H groups in total. The van der Waals surface area contributed by atoms with Crippen molar-refractivity contribution in [2.24, 2.45) is 0 Å². The fourth-order valence-electron chi connectivity index (χ4n) is 1.49. The van der Waals surface area contributed by atoms with Crippen molar-refractivity contribution in [3.63, 3.8) is 0 Å². The Kier molecular flexibility index (Phi) is 3.06. The lowest BCUT2D eigenvalue weighted by Crippen LogP contribution is -1.94. The number of hydrogen-bond acceptors (Lipinski definition) is 4. The number of anilines is 1. The van der Waals surface area contributed by atoms with E-state index in [1.807, 2.05) is 18.8 Å². The molecule has 78 valence electrons. The molecule has 0 unspecified atom stereocenters. The standard InChI is InChI=1S/C11H13N3S/c1-3-15-8-4-5-9-10(6-8)13-7-14-11(9)12-2/h4-7H,3H2,1-2H3,(H,12,13,14). The van der Waals surface area contributed by atoms with Crippen LogP contribution >= 0.6 is 11.8 Å². The Bertz CT molecular complexity index is 470. The predicted molar refractivity (Wildman–Crippen MR) is 65.5 cm³/mol. The minimum Gasteiger partial charge on any atom is -0.373 e. The lowest BCUT2D eigenvalue weighted by molar-refractivity contribution is 1.20. The minimum atomic E-state index is 0.882. The summed E-state index contributed by atoms with van der Waals surface area (Å²) in [7, 11) is 1.87. The van der Waals surface area contributed by atoms with Gasteiger partial charge in [-0.1, -0.05) is 6.92 Å². The molecule has 0 spiro atoms. The van der Waals surface area contributed by atoms with Crippen molar-refractivity contribution in [3.8, 4) is 0 Å². The Balaban J connectivity index is 2.53. The Morgan fingerprint density at radius 1 is 1.33 bits per heavy atom. The van der Waals surface area contributed by atoms with Gasteiger partial charge in [-0.25, -0.2) is 9.97 Å². The molecule has 2 rings (SSSR count). The highest BCUT2D eigenvalue weighted by Crippen LogP contribution is 2.25. The van der Waals surface area contributed by atoms with Crippen LogP contribution in [0, 0.1) is 0 Å². The van der Waals surface area contributed by atoms with Gasteiger partial charge < -0.3 is 5.32 Å². The highest BCUT2D eigenvalue weighted by atomic mass is 32.2. The molecule has 2 aromatic rings. The van der Waals surface area contributed by atoms with E-state index in [0.717, 1.165) is 22.5 Å². The van der Waals surface area contributed by atoms with Crippen LogP contribution in [0.2, 0.25) is 0 Å². The quantitative estimate of drug-likeness (QED) is 0.805. The highest BCUT2D eigenvalue weighted by molar-refractivity contribution is 7.99. The fourth-order valence-corrected chi connectivity index (χ4v) is 2.19. The number of hydrogen-bond donors (Lipinski definition) is 1. The summed E-state index contributed by atoms with van der Waals surface area (Å²) in [5, 5.41) is 4.13. The topological polar surface area (TPSA) is 37.8 Å².